The first kappa shape index (κ1) is 23.2. The van der Waals surface area contributed by atoms with Crippen LogP contribution >= 0.6 is 11.3 Å². The Morgan fingerprint density at radius 1 is 0.943 bits per heavy atom. The monoisotopic (exact) mass is 489 g/mol. The van der Waals surface area contributed by atoms with Gasteiger partial charge in [0.2, 0.25) is 5.91 Å². The number of hydrogen-bond donors (Lipinski definition) is 0. The second-order valence-corrected chi connectivity index (χ2v) is 9.46. The van der Waals surface area contributed by atoms with Crippen LogP contribution in [-0.4, -0.2) is 56.0 Å². The van der Waals surface area contributed by atoms with Gasteiger partial charge in [-0.1, -0.05) is 42.5 Å². The van der Waals surface area contributed by atoms with E-state index >= 15 is 0 Å². The Kier molecular flexibility index (Phi) is 6.61. The summed E-state index contributed by atoms with van der Waals surface area (Å²) in [5.41, 5.74) is 1.89. The molecule has 4 aromatic rings. The van der Waals surface area contributed by atoms with Crippen LogP contribution in [-0.2, 0) is 24.4 Å². The van der Waals surface area contributed by atoms with E-state index in [1.807, 2.05) is 18.2 Å². The third-order valence-electron chi connectivity index (χ3n) is 6.42. The van der Waals surface area contributed by atoms with Crippen LogP contribution in [0, 0.1) is 0 Å². The summed E-state index contributed by atoms with van der Waals surface area (Å²) in [6.45, 7) is 5.36. The Morgan fingerprint density at radius 3 is 2.40 bits per heavy atom. The number of thiazole rings is 1. The number of carbonyl (C=O) groups is 1. The molecular weight excluding hydrogens is 462 g/mol. The van der Waals surface area contributed by atoms with Crippen LogP contribution in [0.25, 0.3) is 21.5 Å². The zero-order valence-electron chi connectivity index (χ0n) is 19.6. The number of benzene rings is 2. The summed E-state index contributed by atoms with van der Waals surface area (Å²) in [6, 6.07) is 17.1. The van der Waals surface area contributed by atoms with Crippen molar-refractivity contribution in [3.63, 3.8) is 0 Å². The number of fused-ring (bicyclic) bond motifs is 1. The van der Waals surface area contributed by atoms with Crippen molar-refractivity contribution in [1.82, 2.24) is 23.9 Å². The highest BCUT2D eigenvalue weighted by molar-refractivity contribution is 7.13. The smallest absolute Gasteiger partial charge is 0.331 e. The summed E-state index contributed by atoms with van der Waals surface area (Å²) in [5, 5.41) is 3.56. The Morgan fingerprint density at radius 2 is 1.66 bits per heavy atom. The molecule has 0 aliphatic carbocycles. The molecule has 1 aliphatic heterocycles. The fraction of sp³-hybridized carbons (Fsp3) is 0.308. The minimum Gasteiger partial charge on any atom is -0.339 e. The van der Waals surface area contributed by atoms with E-state index in [2.05, 4.69) is 22.4 Å². The zero-order valence-corrected chi connectivity index (χ0v) is 20.4. The molecule has 5 rings (SSSR count). The molecule has 180 valence electrons. The van der Waals surface area contributed by atoms with E-state index in [9.17, 15) is 14.4 Å². The molecule has 0 unspecified atom stereocenters. The molecule has 35 heavy (non-hydrogen) atoms. The van der Waals surface area contributed by atoms with Crippen molar-refractivity contribution in [2.45, 2.75) is 26.6 Å². The first-order valence-electron chi connectivity index (χ1n) is 11.8. The molecule has 0 N–H and O–H groups in total. The van der Waals surface area contributed by atoms with Gasteiger partial charge in [-0.3, -0.25) is 23.6 Å². The van der Waals surface area contributed by atoms with Crippen molar-refractivity contribution in [1.29, 1.82) is 0 Å². The van der Waals surface area contributed by atoms with Gasteiger partial charge in [0, 0.05) is 50.2 Å². The second kappa shape index (κ2) is 9.97. The second-order valence-electron chi connectivity index (χ2n) is 8.60. The number of aromatic nitrogens is 3. The fourth-order valence-corrected chi connectivity index (χ4v) is 5.33. The van der Waals surface area contributed by atoms with Crippen LogP contribution in [0.1, 0.15) is 12.6 Å². The van der Waals surface area contributed by atoms with Crippen molar-refractivity contribution in [3.05, 3.63) is 86.5 Å². The molecule has 1 fully saturated rings. The minimum atomic E-state index is -0.444. The van der Waals surface area contributed by atoms with E-state index in [1.54, 1.807) is 47.4 Å². The van der Waals surface area contributed by atoms with Gasteiger partial charge in [0.1, 0.15) is 11.6 Å². The highest BCUT2D eigenvalue weighted by Gasteiger charge is 2.23. The lowest BCUT2D eigenvalue weighted by molar-refractivity contribution is -0.133. The molecule has 0 spiro atoms. The molecule has 1 saturated heterocycles. The van der Waals surface area contributed by atoms with Crippen LogP contribution in [0.4, 0.5) is 0 Å². The van der Waals surface area contributed by atoms with Gasteiger partial charge in [0.25, 0.3) is 5.56 Å². The summed E-state index contributed by atoms with van der Waals surface area (Å²) in [7, 11) is 0. The SMILES string of the molecule is CCn1c(=O)c2ccccc2n(CC(=O)N2CCN(Cc3csc(-c4ccccc4)n3)CC2)c1=O. The summed E-state index contributed by atoms with van der Waals surface area (Å²) in [5.74, 6) is -0.113. The van der Waals surface area contributed by atoms with E-state index in [4.69, 9.17) is 4.98 Å². The first-order chi connectivity index (χ1) is 17.0. The van der Waals surface area contributed by atoms with Crippen LogP contribution in [0.5, 0.6) is 0 Å². The molecule has 0 atom stereocenters. The summed E-state index contributed by atoms with van der Waals surface area (Å²) >= 11 is 1.65. The van der Waals surface area contributed by atoms with Crippen LogP contribution < -0.4 is 11.2 Å². The number of piperazine rings is 1. The van der Waals surface area contributed by atoms with Gasteiger partial charge in [-0.05, 0) is 19.1 Å². The quantitative estimate of drug-likeness (QED) is 0.416. The van der Waals surface area contributed by atoms with Crippen LogP contribution in [0.15, 0.2) is 69.6 Å². The molecule has 1 amide bonds. The standard InChI is InChI=1S/C26H27N5O3S/c1-2-30-25(33)21-10-6-7-11-22(21)31(26(30)34)17-23(32)29-14-12-28(13-15-29)16-20-18-35-24(27-20)19-8-4-3-5-9-19/h3-11,18H,2,12-17H2,1H3. The fourth-order valence-electron chi connectivity index (χ4n) is 4.52. The first-order valence-corrected chi connectivity index (χ1v) is 12.7. The Hall–Kier alpha value is -3.56. The third-order valence-corrected chi connectivity index (χ3v) is 7.37. The van der Waals surface area contributed by atoms with Gasteiger partial charge < -0.3 is 4.90 Å². The number of nitrogens with zero attached hydrogens (tertiary/aromatic N) is 5. The lowest BCUT2D eigenvalue weighted by Gasteiger charge is -2.34. The van der Waals surface area contributed by atoms with Crippen molar-refractivity contribution >= 4 is 28.1 Å². The predicted octanol–water partition coefficient (Wildman–Crippen LogP) is 2.65. The van der Waals surface area contributed by atoms with Crippen molar-refractivity contribution < 1.29 is 4.79 Å². The summed E-state index contributed by atoms with van der Waals surface area (Å²) < 4.78 is 2.61. The lowest BCUT2D eigenvalue weighted by Crippen LogP contribution is -2.50. The van der Waals surface area contributed by atoms with Gasteiger partial charge in [-0.25, -0.2) is 9.78 Å². The zero-order chi connectivity index (χ0) is 24.4. The van der Waals surface area contributed by atoms with Crippen molar-refractivity contribution in [2.24, 2.45) is 0 Å². The highest BCUT2D eigenvalue weighted by atomic mass is 32.1. The normalized spacial score (nSPS) is 14.5. The largest absolute Gasteiger partial charge is 0.339 e. The average Bonchev–Trinajstić information content (AvgIpc) is 3.36. The minimum absolute atomic E-state index is 0.0772. The van der Waals surface area contributed by atoms with Gasteiger partial charge >= 0.3 is 5.69 Å². The molecule has 0 radical (unpaired) electrons. The summed E-state index contributed by atoms with van der Waals surface area (Å²) in [6.07, 6.45) is 0. The van der Waals surface area contributed by atoms with Gasteiger partial charge in [0.15, 0.2) is 0 Å². The number of rotatable bonds is 6. The van der Waals surface area contributed by atoms with E-state index in [0.29, 0.717) is 24.0 Å². The third kappa shape index (κ3) is 4.69. The molecule has 8 nitrogen and oxygen atoms in total. The molecular formula is C26H27N5O3S. The van der Waals surface area contributed by atoms with E-state index in [0.717, 1.165) is 35.9 Å². The van der Waals surface area contributed by atoms with E-state index in [-0.39, 0.29) is 24.6 Å². The maximum atomic E-state index is 13.1. The highest BCUT2D eigenvalue weighted by Crippen LogP contribution is 2.24. The van der Waals surface area contributed by atoms with Crippen LogP contribution in [0.3, 0.4) is 0 Å². The van der Waals surface area contributed by atoms with Gasteiger partial charge in [-0.15, -0.1) is 11.3 Å². The molecule has 1 aliphatic rings. The van der Waals surface area contributed by atoms with Crippen molar-refractivity contribution in [3.8, 4) is 10.6 Å². The van der Waals surface area contributed by atoms with E-state index in [1.165, 1.54) is 9.13 Å². The Balaban J connectivity index is 1.24. The Labute approximate surface area is 206 Å². The number of para-hydroxylation sites is 1. The molecule has 0 saturated carbocycles. The number of carbonyl (C=O) groups excluding carboxylic acids is 1. The molecule has 9 heteroatoms. The lowest BCUT2D eigenvalue weighted by atomic mass is 10.2. The molecule has 3 heterocycles. The van der Waals surface area contributed by atoms with Gasteiger partial charge in [-0.2, -0.15) is 0 Å². The number of amides is 1. The number of hydrogen-bond acceptors (Lipinski definition) is 6. The summed E-state index contributed by atoms with van der Waals surface area (Å²) in [4.78, 5) is 47.6. The maximum Gasteiger partial charge on any atom is 0.331 e. The molecule has 2 aromatic carbocycles. The Bertz CT molecular complexity index is 1470. The molecule has 0 bridgehead atoms. The van der Waals surface area contributed by atoms with Crippen LogP contribution in [0.2, 0.25) is 0 Å². The topological polar surface area (TPSA) is 80.4 Å². The van der Waals surface area contributed by atoms with Crippen molar-refractivity contribution in [2.75, 3.05) is 26.2 Å². The van der Waals surface area contributed by atoms with Gasteiger partial charge in [0.05, 0.1) is 16.6 Å². The maximum absolute atomic E-state index is 13.1. The molecule has 2 aromatic heterocycles. The predicted molar refractivity (Wildman–Crippen MR) is 138 cm³/mol. The van der Waals surface area contributed by atoms with E-state index < -0.39 is 5.69 Å². The average molecular weight is 490 g/mol.